The molecule has 21 heavy (non-hydrogen) atoms. The molecule has 3 heteroatoms. The van der Waals surface area contributed by atoms with Gasteiger partial charge in [0.2, 0.25) is 0 Å². The van der Waals surface area contributed by atoms with Gasteiger partial charge in [0.15, 0.2) is 0 Å². The van der Waals surface area contributed by atoms with Gasteiger partial charge in [0, 0.05) is 5.56 Å². The van der Waals surface area contributed by atoms with Crippen LogP contribution in [0.25, 0.3) is 10.8 Å². The molecule has 2 aromatic rings. The van der Waals surface area contributed by atoms with E-state index in [1.54, 1.807) is 0 Å². The Morgan fingerprint density at radius 1 is 0.952 bits per heavy atom. The van der Waals surface area contributed by atoms with E-state index < -0.39 is 0 Å². The van der Waals surface area contributed by atoms with Crippen molar-refractivity contribution in [2.75, 3.05) is 0 Å². The van der Waals surface area contributed by atoms with E-state index in [0.29, 0.717) is 6.04 Å². The van der Waals surface area contributed by atoms with Crippen molar-refractivity contribution >= 4 is 16.6 Å². The second-order valence-electron chi connectivity index (χ2n) is 5.79. The normalized spacial score (nSPS) is 17.7. The van der Waals surface area contributed by atoms with Crippen molar-refractivity contribution in [2.45, 2.75) is 44.6 Å². The molecule has 0 heterocycles. The van der Waals surface area contributed by atoms with E-state index in [-0.39, 0.29) is 0 Å². The van der Waals surface area contributed by atoms with E-state index in [4.69, 9.17) is 10.8 Å². The van der Waals surface area contributed by atoms with Gasteiger partial charge in [-0.15, -0.1) is 0 Å². The second-order valence-corrected chi connectivity index (χ2v) is 5.79. The summed E-state index contributed by atoms with van der Waals surface area (Å²) in [6, 6.07) is 15.1. The molecule has 1 aliphatic rings. The number of aliphatic imine (C=N–C) groups is 1. The van der Waals surface area contributed by atoms with Crippen LogP contribution in [0.1, 0.15) is 44.1 Å². The summed E-state index contributed by atoms with van der Waals surface area (Å²) in [4.78, 5) is 4.91. The van der Waals surface area contributed by atoms with Crippen molar-refractivity contribution in [1.82, 2.24) is 5.43 Å². The van der Waals surface area contributed by atoms with Crippen molar-refractivity contribution in [2.24, 2.45) is 10.8 Å². The van der Waals surface area contributed by atoms with Crippen molar-refractivity contribution in [3.05, 3.63) is 48.0 Å². The second kappa shape index (κ2) is 6.72. The molecule has 0 amide bonds. The average molecular weight is 281 g/mol. The maximum atomic E-state index is 5.77. The lowest BCUT2D eigenvalue weighted by molar-refractivity contribution is 0.583. The molecule has 0 saturated heterocycles. The molecule has 0 unspecified atom stereocenters. The van der Waals surface area contributed by atoms with Crippen LogP contribution in [0.2, 0.25) is 0 Å². The molecule has 1 saturated carbocycles. The number of nitrogens with zero attached hydrogens (tertiary/aromatic N) is 1. The lowest BCUT2D eigenvalue weighted by atomic mass is 10.0. The minimum Gasteiger partial charge on any atom is -0.308 e. The number of fused-ring (bicyclic) bond motifs is 1. The molecule has 0 spiro atoms. The Labute approximate surface area is 126 Å². The van der Waals surface area contributed by atoms with Crippen LogP contribution >= 0.6 is 0 Å². The van der Waals surface area contributed by atoms with Gasteiger partial charge >= 0.3 is 0 Å². The first kappa shape index (κ1) is 14.1. The van der Waals surface area contributed by atoms with Crippen LogP contribution in [0.3, 0.4) is 0 Å². The lowest BCUT2D eigenvalue weighted by Crippen LogP contribution is -2.32. The fraction of sp³-hybridized carbons (Fsp3) is 0.389. The van der Waals surface area contributed by atoms with Crippen molar-refractivity contribution < 1.29 is 0 Å². The van der Waals surface area contributed by atoms with Gasteiger partial charge in [-0.2, -0.15) is 0 Å². The van der Waals surface area contributed by atoms with E-state index in [1.165, 1.54) is 49.3 Å². The van der Waals surface area contributed by atoms with E-state index >= 15 is 0 Å². The maximum absolute atomic E-state index is 5.77. The molecule has 1 fully saturated rings. The summed E-state index contributed by atoms with van der Waals surface area (Å²) in [6.45, 7) is 0. The Kier molecular flexibility index (Phi) is 4.51. The van der Waals surface area contributed by atoms with Gasteiger partial charge in [0.25, 0.3) is 0 Å². The highest BCUT2D eigenvalue weighted by Gasteiger charge is 2.13. The maximum Gasteiger partial charge on any atom is 0.143 e. The summed E-state index contributed by atoms with van der Waals surface area (Å²) < 4.78 is 0. The van der Waals surface area contributed by atoms with Crippen LogP contribution in [-0.4, -0.2) is 11.9 Å². The number of amidine groups is 1. The van der Waals surface area contributed by atoms with Crippen molar-refractivity contribution in [3.63, 3.8) is 0 Å². The largest absolute Gasteiger partial charge is 0.308 e. The molecule has 0 aliphatic heterocycles. The molecule has 0 atom stereocenters. The van der Waals surface area contributed by atoms with Gasteiger partial charge in [0.1, 0.15) is 5.84 Å². The zero-order valence-corrected chi connectivity index (χ0v) is 12.4. The fourth-order valence-corrected chi connectivity index (χ4v) is 3.19. The summed E-state index contributed by atoms with van der Waals surface area (Å²) in [7, 11) is 0. The zero-order chi connectivity index (χ0) is 14.5. The molecule has 1 aliphatic carbocycles. The van der Waals surface area contributed by atoms with E-state index in [2.05, 4.69) is 47.9 Å². The number of hydrazine groups is 1. The van der Waals surface area contributed by atoms with Crippen LogP contribution in [0.5, 0.6) is 0 Å². The third kappa shape index (κ3) is 3.24. The highest BCUT2D eigenvalue weighted by Crippen LogP contribution is 2.22. The number of nitrogens with one attached hydrogen (secondary N) is 1. The standard InChI is InChI=1S/C18H23N3/c19-21-18(20-15-10-3-1-2-4-11-15)17-13-7-9-14-8-5-6-12-16(14)17/h5-9,12-13,15H,1-4,10-11,19H2,(H,20,21). The summed E-state index contributed by atoms with van der Waals surface area (Å²) in [6.07, 6.45) is 7.59. The number of hydrogen-bond acceptors (Lipinski definition) is 2. The minimum atomic E-state index is 0.400. The predicted molar refractivity (Wildman–Crippen MR) is 89.3 cm³/mol. The van der Waals surface area contributed by atoms with Crippen LogP contribution in [0.4, 0.5) is 0 Å². The van der Waals surface area contributed by atoms with E-state index in [9.17, 15) is 0 Å². The van der Waals surface area contributed by atoms with Crippen molar-refractivity contribution in [3.8, 4) is 0 Å². The Morgan fingerprint density at radius 2 is 1.67 bits per heavy atom. The molecule has 3 nitrogen and oxygen atoms in total. The number of rotatable bonds is 2. The molecule has 110 valence electrons. The lowest BCUT2D eigenvalue weighted by Gasteiger charge is -2.14. The topological polar surface area (TPSA) is 50.4 Å². The summed E-state index contributed by atoms with van der Waals surface area (Å²) in [5.41, 5.74) is 3.93. The number of hydrogen-bond donors (Lipinski definition) is 2. The van der Waals surface area contributed by atoms with Gasteiger partial charge in [-0.3, -0.25) is 4.99 Å². The molecule has 2 aromatic carbocycles. The van der Waals surface area contributed by atoms with Gasteiger partial charge in [-0.25, -0.2) is 5.84 Å². The molecule has 0 bridgehead atoms. The van der Waals surface area contributed by atoms with E-state index in [1.807, 2.05) is 0 Å². The Balaban J connectivity index is 1.97. The number of benzene rings is 2. The van der Waals surface area contributed by atoms with Gasteiger partial charge in [0.05, 0.1) is 6.04 Å². The van der Waals surface area contributed by atoms with Crippen LogP contribution < -0.4 is 11.3 Å². The molecule has 3 N–H and O–H groups in total. The highest BCUT2D eigenvalue weighted by atomic mass is 15.3. The first-order valence-electron chi connectivity index (χ1n) is 7.91. The third-order valence-corrected chi connectivity index (χ3v) is 4.32. The quantitative estimate of drug-likeness (QED) is 0.289. The first-order chi connectivity index (χ1) is 10.4. The zero-order valence-electron chi connectivity index (χ0n) is 12.4. The summed E-state index contributed by atoms with van der Waals surface area (Å²) >= 11 is 0. The van der Waals surface area contributed by atoms with Gasteiger partial charge in [-0.05, 0) is 23.6 Å². The Bertz CT molecular complexity index is 620. The first-order valence-corrected chi connectivity index (χ1v) is 7.91. The smallest absolute Gasteiger partial charge is 0.143 e. The minimum absolute atomic E-state index is 0.400. The molecular weight excluding hydrogens is 258 g/mol. The molecular formula is C18H23N3. The Hall–Kier alpha value is -1.87. The predicted octanol–water partition coefficient (Wildman–Crippen LogP) is 3.77. The molecule has 0 aromatic heterocycles. The van der Waals surface area contributed by atoms with E-state index in [0.717, 1.165) is 11.4 Å². The number of nitrogens with two attached hydrogens (primary N) is 1. The highest BCUT2D eigenvalue weighted by molar-refractivity contribution is 6.09. The average Bonchev–Trinajstić information content (AvgIpc) is 2.81. The summed E-state index contributed by atoms with van der Waals surface area (Å²) in [5.74, 6) is 6.59. The SMILES string of the molecule is NNC(=NC1CCCCCC1)c1cccc2ccccc12. The fourth-order valence-electron chi connectivity index (χ4n) is 3.19. The monoisotopic (exact) mass is 281 g/mol. The van der Waals surface area contributed by atoms with Crippen LogP contribution in [0.15, 0.2) is 47.5 Å². The van der Waals surface area contributed by atoms with Crippen molar-refractivity contribution in [1.29, 1.82) is 0 Å². The Morgan fingerprint density at radius 3 is 2.43 bits per heavy atom. The van der Waals surface area contributed by atoms with Crippen LogP contribution in [0, 0.1) is 0 Å². The third-order valence-electron chi connectivity index (χ3n) is 4.32. The van der Waals surface area contributed by atoms with Crippen LogP contribution in [-0.2, 0) is 0 Å². The molecule has 3 rings (SSSR count). The van der Waals surface area contributed by atoms with Gasteiger partial charge in [-0.1, -0.05) is 68.1 Å². The van der Waals surface area contributed by atoms with Gasteiger partial charge < -0.3 is 5.43 Å². The summed E-state index contributed by atoms with van der Waals surface area (Å²) in [5, 5.41) is 2.42. The molecule has 0 radical (unpaired) electrons.